The Morgan fingerprint density at radius 3 is 2.25 bits per heavy atom. The van der Waals surface area contributed by atoms with Crippen LogP contribution in [0.15, 0.2) is 0 Å². The maximum atomic E-state index is 12.8. The fourth-order valence-electron chi connectivity index (χ4n) is 5.50. The zero-order chi connectivity index (χ0) is 14.5. The molecule has 4 rings (SSSR count). The van der Waals surface area contributed by atoms with Gasteiger partial charge in [-0.3, -0.25) is 0 Å². The number of rotatable bonds is 5. The Hall–Kier alpha value is -0.220. The van der Waals surface area contributed by atoms with Crippen LogP contribution in [0.5, 0.6) is 0 Å². The lowest BCUT2D eigenvalue weighted by Crippen LogP contribution is -2.60. The molecule has 0 radical (unpaired) electrons. The fourth-order valence-corrected chi connectivity index (χ4v) is 5.50. The van der Waals surface area contributed by atoms with Gasteiger partial charge in [-0.1, -0.05) is 13.3 Å². The molecule has 3 atom stereocenters. The summed E-state index contributed by atoms with van der Waals surface area (Å²) in [4.78, 5) is 0. The molecule has 0 aromatic heterocycles. The Bertz CT molecular complexity index is 350. The van der Waals surface area contributed by atoms with Gasteiger partial charge in [0.1, 0.15) is 6.61 Å². The first-order chi connectivity index (χ1) is 9.32. The second-order valence-corrected chi connectivity index (χ2v) is 7.53. The number of aliphatic hydroxyl groups is 1. The van der Waals surface area contributed by atoms with Crippen molar-refractivity contribution in [2.75, 3.05) is 13.2 Å². The van der Waals surface area contributed by atoms with Crippen LogP contribution in [0.25, 0.3) is 0 Å². The van der Waals surface area contributed by atoms with Crippen LogP contribution in [0.1, 0.15) is 46.0 Å². The maximum Gasteiger partial charge on any atom is 0.268 e. The number of ether oxygens (including phenoxy) is 1. The van der Waals surface area contributed by atoms with Gasteiger partial charge in [-0.2, -0.15) is 0 Å². The monoisotopic (exact) mass is 288 g/mol. The summed E-state index contributed by atoms with van der Waals surface area (Å²) >= 11 is 0. The van der Waals surface area contributed by atoms with E-state index in [1.807, 2.05) is 0 Å². The first-order valence-electron chi connectivity index (χ1n) is 8.00. The van der Waals surface area contributed by atoms with Crippen LogP contribution >= 0.6 is 0 Å². The van der Waals surface area contributed by atoms with Crippen LogP contribution in [0.4, 0.5) is 8.78 Å². The van der Waals surface area contributed by atoms with Crippen molar-refractivity contribution >= 4 is 0 Å². The fraction of sp³-hybridized carbons (Fsp3) is 1.00. The highest BCUT2D eigenvalue weighted by molar-refractivity contribution is 5.09. The molecule has 20 heavy (non-hydrogen) atoms. The van der Waals surface area contributed by atoms with E-state index in [4.69, 9.17) is 4.74 Å². The molecule has 0 heterocycles. The van der Waals surface area contributed by atoms with E-state index in [-0.39, 0.29) is 0 Å². The van der Waals surface area contributed by atoms with Crippen LogP contribution in [-0.4, -0.2) is 29.8 Å². The average Bonchev–Trinajstić information content (AvgIpc) is 2.29. The minimum atomic E-state index is -2.74. The van der Waals surface area contributed by atoms with Crippen LogP contribution in [0.3, 0.4) is 0 Å². The molecule has 4 aliphatic rings. The Morgan fingerprint density at radius 2 is 1.80 bits per heavy atom. The highest BCUT2D eigenvalue weighted by atomic mass is 19.3. The Labute approximate surface area is 119 Å². The summed E-state index contributed by atoms with van der Waals surface area (Å²) in [7, 11) is 0. The smallest absolute Gasteiger partial charge is 0.268 e. The van der Waals surface area contributed by atoms with Gasteiger partial charge in [-0.15, -0.1) is 0 Å². The average molecular weight is 288 g/mol. The van der Waals surface area contributed by atoms with Crippen molar-refractivity contribution in [1.82, 2.24) is 0 Å². The quantitative estimate of drug-likeness (QED) is 0.839. The highest BCUT2D eigenvalue weighted by Crippen LogP contribution is 2.61. The molecular formula is C16H26F2O2. The summed E-state index contributed by atoms with van der Waals surface area (Å²) < 4.78 is 30.9. The van der Waals surface area contributed by atoms with Crippen molar-refractivity contribution in [1.29, 1.82) is 0 Å². The van der Waals surface area contributed by atoms with E-state index < -0.39 is 18.1 Å². The van der Waals surface area contributed by atoms with Crippen molar-refractivity contribution in [2.45, 2.75) is 57.5 Å². The van der Waals surface area contributed by atoms with Crippen molar-refractivity contribution in [3.05, 3.63) is 0 Å². The minimum Gasteiger partial charge on any atom is -0.390 e. The normalized spacial score (nSPS) is 47.0. The maximum absolute atomic E-state index is 12.8. The first-order valence-corrected chi connectivity index (χ1v) is 8.00. The van der Waals surface area contributed by atoms with E-state index in [9.17, 15) is 13.9 Å². The molecule has 0 saturated heterocycles. The van der Waals surface area contributed by atoms with E-state index in [0.29, 0.717) is 36.2 Å². The van der Waals surface area contributed by atoms with E-state index in [1.54, 1.807) is 0 Å². The third kappa shape index (κ3) is 2.50. The molecule has 4 bridgehead atoms. The molecule has 0 amide bonds. The number of alkyl halides is 2. The number of hydrogen-bond donors (Lipinski definition) is 1. The molecule has 0 spiro atoms. The SMILES string of the molecule is CCC1C2CC3CC1(O)CC(C2)C3COCC(C)(F)F. The third-order valence-electron chi connectivity index (χ3n) is 6.02. The van der Waals surface area contributed by atoms with Crippen LogP contribution in [-0.2, 0) is 4.74 Å². The van der Waals surface area contributed by atoms with Crippen molar-refractivity contribution in [3.63, 3.8) is 0 Å². The number of hydrogen-bond acceptors (Lipinski definition) is 2. The van der Waals surface area contributed by atoms with Crippen molar-refractivity contribution < 1.29 is 18.6 Å². The van der Waals surface area contributed by atoms with Crippen LogP contribution in [0, 0.1) is 29.6 Å². The number of halogens is 2. The molecular weight excluding hydrogens is 262 g/mol. The van der Waals surface area contributed by atoms with Gasteiger partial charge in [0.15, 0.2) is 0 Å². The zero-order valence-electron chi connectivity index (χ0n) is 12.4. The lowest BCUT2D eigenvalue weighted by atomic mass is 9.46. The van der Waals surface area contributed by atoms with E-state index in [2.05, 4.69) is 6.92 Å². The summed E-state index contributed by atoms with van der Waals surface area (Å²) in [6.07, 6.45) is 5.09. The summed E-state index contributed by atoms with van der Waals surface area (Å²) in [6, 6.07) is 0. The Balaban J connectivity index is 1.62. The van der Waals surface area contributed by atoms with Gasteiger partial charge in [0.25, 0.3) is 5.92 Å². The van der Waals surface area contributed by atoms with Gasteiger partial charge in [0.2, 0.25) is 0 Å². The molecule has 116 valence electrons. The standard InChI is InChI=1S/C16H26F2O2/c1-3-14-10-4-11-6-16(14,19)7-12(5-10)13(11)8-20-9-15(2,17)18/h10-14,19H,3-9H2,1-2H3. The lowest BCUT2D eigenvalue weighted by molar-refractivity contribution is -0.205. The Kier molecular flexibility index (Phi) is 3.61. The molecule has 4 fully saturated rings. The molecule has 2 nitrogen and oxygen atoms in total. The molecule has 4 saturated carbocycles. The molecule has 0 aliphatic heterocycles. The van der Waals surface area contributed by atoms with Gasteiger partial charge in [-0.25, -0.2) is 8.78 Å². The van der Waals surface area contributed by atoms with Crippen LogP contribution in [0.2, 0.25) is 0 Å². The topological polar surface area (TPSA) is 29.5 Å². The van der Waals surface area contributed by atoms with Gasteiger partial charge in [0, 0.05) is 6.92 Å². The summed E-state index contributed by atoms with van der Waals surface area (Å²) in [5, 5.41) is 10.9. The van der Waals surface area contributed by atoms with Gasteiger partial charge < -0.3 is 9.84 Å². The molecule has 3 unspecified atom stereocenters. The third-order valence-corrected chi connectivity index (χ3v) is 6.02. The lowest BCUT2D eigenvalue weighted by Gasteiger charge is -2.62. The zero-order valence-corrected chi connectivity index (χ0v) is 12.4. The van der Waals surface area contributed by atoms with Crippen LogP contribution < -0.4 is 0 Å². The van der Waals surface area contributed by atoms with Gasteiger partial charge in [0.05, 0.1) is 12.2 Å². The van der Waals surface area contributed by atoms with Crippen molar-refractivity contribution in [3.8, 4) is 0 Å². The largest absolute Gasteiger partial charge is 0.390 e. The minimum absolute atomic E-state index is 0.381. The first kappa shape index (κ1) is 14.7. The predicted molar refractivity (Wildman–Crippen MR) is 72.6 cm³/mol. The molecule has 4 heteroatoms. The van der Waals surface area contributed by atoms with Crippen molar-refractivity contribution in [2.24, 2.45) is 29.6 Å². The molecule has 4 aliphatic carbocycles. The summed E-state index contributed by atoms with van der Waals surface area (Å²) in [5.41, 5.74) is -0.476. The van der Waals surface area contributed by atoms with E-state index in [1.165, 1.54) is 0 Å². The van der Waals surface area contributed by atoms with E-state index >= 15 is 0 Å². The highest BCUT2D eigenvalue weighted by Gasteiger charge is 2.59. The Morgan fingerprint density at radius 1 is 1.20 bits per heavy atom. The molecule has 0 aromatic rings. The summed E-state index contributed by atoms with van der Waals surface area (Å²) in [5.74, 6) is -0.302. The van der Waals surface area contributed by atoms with E-state index in [0.717, 1.165) is 39.0 Å². The predicted octanol–water partition coefficient (Wildman–Crippen LogP) is 3.48. The molecule has 1 N–H and O–H groups in total. The second-order valence-electron chi connectivity index (χ2n) is 7.53. The van der Waals surface area contributed by atoms with Gasteiger partial charge >= 0.3 is 0 Å². The summed E-state index contributed by atoms with van der Waals surface area (Å²) in [6.45, 7) is 3.04. The van der Waals surface area contributed by atoms with Gasteiger partial charge in [-0.05, 0) is 55.3 Å². The second kappa shape index (κ2) is 4.91. The molecule has 0 aromatic carbocycles.